The molecule has 0 aromatic carbocycles. The maximum absolute atomic E-state index is 12.0. The molecule has 1 aromatic rings. The van der Waals surface area contributed by atoms with Crippen LogP contribution in [0.25, 0.3) is 0 Å². The molecule has 1 aromatic heterocycles. The van der Waals surface area contributed by atoms with Gasteiger partial charge in [-0.05, 0) is 26.7 Å². The number of pyridine rings is 1. The van der Waals surface area contributed by atoms with Crippen molar-refractivity contribution in [3.8, 4) is 0 Å². The third-order valence-corrected chi connectivity index (χ3v) is 4.04. The largest absolute Gasteiger partial charge is 0.356 e. The van der Waals surface area contributed by atoms with Crippen molar-refractivity contribution in [1.29, 1.82) is 0 Å². The second-order valence-corrected chi connectivity index (χ2v) is 5.81. The molecule has 0 aliphatic carbocycles. The Bertz CT molecular complexity index is 620. The highest BCUT2D eigenvalue weighted by Crippen LogP contribution is 2.10. The number of aromatic nitrogens is 1. The molecule has 0 radical (unpaired) electrons. The van der Waals surface area contributed by atoms with Gasteiger partial charge in [-0.25, -0.2) is 0 Å². The Hall–Kier alpha value is -1.95. The van der Waals surface area contributed by atoms with E-state index < -0.39 is 0 Å². The number of amides is 1. The maximum Gasteiger partial charge on any atom is 0.221 e. The fourth-order valence-corrected chi connectivity index (χ4v) is 2.47. The fourth-order valence-electron chi connectivity index (χ4n) is 2.47. The summed E-state index contributed by atoms with van der Waals surface area (Å²) in [6, 6.07) is 1.62. The molecule has 0 spiro atoms. The monoisotopic (exact) mass is 321 g/mol. The normalized spacial score (nSPS) is 10.6. The minimum atomic E-state index is -0.0784. The van der Waals surface area contributed by atoms with Gasteiger partial charge >= 0.3 is 0 Å². The zero-order chi connectivity index (χ0) is 17.4. The number of nitrogens with one attached hydrogen (secondary N) is 1. The molecule has 6 nitrogen and oxygen atoms in total. The number of carbonyl (C=O) groups is 2. The number of rotatable bonds is 9. The van der Waals surface area contributed by atoms with E-state index in [1.165, 1.54) is 0 Å². The molecule has 0 unspecified atom stereocenters. The summed E-state index contributed by atoms with van der Waals surface area (Å²) >= 11 is 0. The Morgan fingerprint density at radius 1 is 1.22 bits per heavy atom. The lowest BCUT2D eigenvalue weighted by Gasteiger charge is -2.14. The predicted molar refractivity (Wildman–Crippen MR) is 90.4 cm³/mol. The number of carbonyl (C=O) groups excluding carboxylic acids is 2. The van der Waals surface area contributed by atoms with Crippen molar-refractivity contribution in [1.82, 2.24) is 9.88 Å². The van der Waals surface area contributed by atoms with Gasteiger partial charge in [-0.1, -0.05) is 0 Å². The number of ketones is 1. The van der Waals surface area contributed by atoms with Crippen molar-refractivity contribution in [3.63, 3.8) is 0 Å². The smallest absolute Gasteiger partial charge is 0.221 e. The first-order valence-corrected chi connectivity index (χ1v) is 8.01. The van der Waals surface area contributed by atoms with Crippen LogP contribution in [0.15, 0.2) is 10.9 Å². The number of hydrogen-bond acceptors (Lipinski definition) is 4. The van der Waals surface area contributed by atoms with Crippen LogP contribution in [-0.2, 0) is 23.1 Å². The Morgan fingerprint density at radius 3 is 2.57 bits per heavy atom. The lowest BCUT2D eigenvalue weighted by atomic mass is 10.0. The summed E-state index contributed by atoms with van der Waals surface area (Å²) in [4.78, 5) is 35.0. The summed E-state index contributed by atoms with van der Waals surface area (Å²) in [5.41, 5.74) is 7.82. The molecule has 3 N–H and O–H groups in total. The Kier molecular flexibility index (Phi) is 7.68. The molecule has 23 heavy (non-hydrogen) atoms. The van der Waals surface area contributed by atoms with Gasteiger partial charge in [-0.3, -0.25) is 14.4 Å². The van der Waals surface area contributed by atoms with Gasteiger partial charge in [0.15, 0.2) is 5.43 Å². The summed E-state index contributed by atoms with van der Waals surface area (Å²) in [5, 5.41) is 2.73. The van der Waals surface area contributed by atoms with Gasteiger partial charge in [0.25, 0.3) is 0 Å². The minimum Gasteiger partial charge on any atom is -0.356 e. The summed E-state index contributed by atoms with van der Waals surface area (Å²) in [5.74, 6) is 0.0664. The van der Waals surface area contributed by atoms with Crippen molar-refractivity contribution >= 4 is 11.7 Å². The van der Waals surface area contributed by atoms with Crippen molar-refractivity contribution in [3.05, 3.63) is 33.2 Å². The van der Waals surface area contributed by atoms with Crippen LogP contribution in [0.5, 0.6) is 0 Å². The van der Waals surface area contributed by atoms with Crippen LogP contribution in [0.1, 0.15) is 42.6 Å². The van der Waals surface area contributed by atoms with E-state index in [0.717, 1.165) is 11.4 Å². The molecule has 6 heteroatoms. The average molecular weight is 321 g/mol. The highest BCUT2D eigenvalue weighted by Gasteiger charge is 2.10. The van der Waals surface area contributed by atoms with E-state index in [4.69, 9.17) is 5.73 Å². The van der Waals surface area contributed by atoms with Crippen LogP contribution in [0, 0.1) is 13.8 Å². The summed E-state index contributed by atoms with van der Waals surface area (Å²) in [6.45, 7) is 4.51. The standard InChI is InChI=1S/C17H27N3O3/c1-12-11-16(22)13(2)15(20(12)3)7-6-14(21)5-4-10-19-17(23)8-9-18/h11H,4-10,18H2,1-3H3,(H,19,23). The molecule has 1 amide bonds. The third-order valence-electron chi connectivity index (χ3n) is 4.04. The molecule has 128 valence electrons. The van der Waals surface area contributed by atoms with Crippen LogP contribution in [-0.4, -0.2) is 29.3 Å². The highest BCUT2D eigenvalue weighted by molar-refractivity contribution is 5.79. The first kappa shape index (κ1) is 19.1. The molecular formula is C17H27N3O3. The SMILES string of the molecule is Cc1c(CCC(=O)CCCNC(=O)CCN)n(C)c(C)cc1=O. The highest BCUT2D eigenvalue weighted by atomic mass is 16.1. The van der Waals surface area contributed by atoms with E-state index in [0.29, 0.717) is 50.8 Å². The van der Waals surface area contributed by atoms with Crippen LogP contribution >= 0.6 is 0 Å². The van der Waals surface area contributed by atoms with E-state index in [1.807, 2.05) is 18.5 Å². The van der Waals surface area contributed by atoms with Gasteiger partial charge in [0.1, 0.15) is 5.78 Å². The van der Waals surface area contributed by atoms with Crippen molar-refractivity contribution in [2.45, 2.75) is 46.0 Å². The number of Topliss-reactive ketones (excluding diaryl/α,β-unsaturated/α-hetero) is 1. The zero-order valence-electron chi connectivity index (χ0n) is 14.3. The van der Waals surface area contributed by atoms with Gasteiger partial charge in [0.05, 0.1) is 0 Å². The Morgan fingerprint density at radius 2 is 1.91 bits per heavy atom. The molecule has 0 fully saturated rings. The number of aryl methyl sites for hydroxylation is 1. The fraction of sp³-hybridized carbons (Fsp3) is 0.588. The Balaban J connectivity index is 2.43. The van der Waals surface area contributed by atoms with Crippen LogP contribution in [0.3, 0.4) is 0 Å². The quantitative estimate of drug-likeness (QED) is 0.656. The molecular weight excluding hydrogens is 294 g/mol. The second-order valence-electron chi connectivity index (χ2n) is 5.81. The van der Waals surface area contributed by atoms with E-state index in [1.54, 1.807) is 13.0 Å². The first-order valence-electron chi connectivity index (χ1n) is 8.01. The third kappa shape index (κ3) is 5.98. The molecule has 0 atom stereocenters. The van der Waals surface area contributed by atoms with Crippen molar-refractivity contribution in [2.75, 3.05) is 13.1 Å². The van der Waals surface area contributed by atoms with Crippen molar-refractivity contribution < 1.29 is 9.59 Å². The molecule has 0 aliphatic rings. The van der Waals surface area contributed by atoms with Crippen molar-refractivity contribution in [2.24, 2.45) is 12.8 Å². The van der Waals surface area contributed by atoms with Gasteiger partial charge in [-0.2, -0.15) is 0 Å². The van der Waals surface area contributed by atoms with E-state index in [2.05, 4.69) is 5.32 Å². The van der Waals surface area contributed by atoms with Gasteiger partial charge < -0.3 is 15.6 Å². The van der Waals surface area contributed by atoms with Gasteiger partial charge in [0.2, 0.25) is 5.91 Å². The molecule has 0 aliphatic heterocycles. The van der Waals surface area contributed by atoms with E-state index >= 15 is 0 Å². The van der Waals surface area contributed by atoms with Gasteiger partial charge in [-0.15, -0.1) is 0 Å². The van der Waals surface area contributed by atoms with Crippen LogP contribution < -0.4 is 16.5 Å². The number of nitrogens with zero attached hydrogens (tertiary/aromatic N) is 1. The van der Waals surface area contributed by atoms with Crippen LogP contribution in [0.2, 0.25) is 0 Å². The minimum absolute atomic E-state index is 0.0191. The molecule has 1 rings (SSSR count). The zero-order valence-corrected chi connectivity index (χ0v) is 14.3. The summed E-state index contributed by atoms with van der Waals surface area (Å²) in [7, 11) is 1.91. The number of nitrogens with two attached hydrogens (primary N) is 1. The van der Waals surface area contributed by atoms with Gasteiger partial charge in [0, 0.05) is 62.4 Å². The topological polar surface area (TPSA) is 94.2 Å². The van der Waals surface area contributed by atoms with E-state index in [-0.39, 0.29) is 17.1 Å². The van der Waals surface area contributed by atoms with Crippen LogP contribution in [0.4, 0.5) is 0 Å². The summed E-state index contributed by atoms with van der Waals surface area (Å²) in [6.07, 6.45) is 2.35. The maximum atomic E-state index is 12.0. The second kappa shape index (κ2) is 9.25. The molecule has 0 saturated carbocycles. The molecule has 0 bridgehead atoms. The number of hydrogen-bond donors (Lipinski definition) is 2. The lowest BCUT2D eigenvalue weighted by Crippen LogP contribution is -2.26. The Labute approximate surface area is 137 Å². The molecule has 1 heterocycles. The van der Waals surface area contributed by atoms with E-state index in [9.17, 15) is 14.4 Å². The first-order chi connectivity index (χ1) is 10.9. The summed E-state index contributed by atoms with van der Waals surface area (Å²) < 4.78 is 1.97. The average Bonchev–Trinajstić information content (AvgIpc) is 2.50. The molecule has 0 saturated heterocycles. The predicted octanol–water partition coefficient (Wildman–Crippen LogP) is 0.749. The lowest BCUT2D eigenvalue weighted by molar-refractivity contribution is -0.122.